The van der Waals surface area contributed by atoms with Gasteiger partial charge in [-0.3, -0.25) is 0 Å². The van der Waals surface area contributed by atoms with Gasteiger partial charge >= 0.3 is 0 Å². The van der Waals surface area contributed by atoms with Crippen LogP contribution < -0.4 is 0 Å². The molecular weight excluding hydrogens is 288 g/mol. The van der Waals surface area contributed by atoms with E-state index in [4.69, 9.17) is 0 Å². The fourth-order valence-corrected chi connectivity index (χ4v) is 1.77. The summed E-state index contributed by atoms with van der Waals surface area (Å²) in [6, 6.07) is 8.46. The third kappa shape index (κ3) is 2.80. The minimum atomic E-state index is 0.269. The van der Waals surface area contributed by atoms with Gasteiger partial charge in [0.25, 0.3) is 0 Å². The van der Waals surface area contributed by atoms with Crippen LogP contribution in [0.3, 0.4) is 0 Å². The first kappa shape index (κ1) is 9.62. The molecule has 0 aliphatic carbocycles. The van der Waals surface area contributed by atoms with Crippen LogP contribution in [0.25, 0.3) is 0 Å². The molecule has 0 saturated carbocycles. The maximum Gasteiger partial charge on any atom is 0.0946 e. The van der Waals surface area contributed by atoms with Crippen molar-refractivity contribution in [1.82, 2.24) is 0 Å². The van der Waals surface area contributed by atoms with Crippen LogP contribution in [0.1, 0.15) is 9.30 Å². The van der Waals surface area contributed by atoms with Crippen LogP contribution >= 0.6 is 43.6 Å². The molecule has 0 fully saturated rings. The summed E-state index contributed by atoms with van der Waals surface area (Å²) in [5, 5.41) is 0. The number of alkyl halides is 2. The minimum Gasteiger partial charge on any atom is -0.130 e. The zero-order valence-electron chi connectivity index (χ0n) is 6.05. The molecular formula is C8H8Br2S. The molecule has 0 saturated heterocycles. The summed E-state index contributed by atoms with van der Waals surface area (Å²) in [5.41, 5.74) is 1.25. The second-order valence-corrected chi connectivity index (χ2v) is 6.01. The van der Waals surface area contributed by atoms with Crippen molar-refractivity contribution in [3.8, 4) is 0 Å². The highest BCUT2D eigenvalue weighted by Crippen LogP contribution is 2.29. The molecule has 60 valence electrons. The summed E-state index contributed by atoms with van der Waals surface area (Å²) in [7, 11) is 0. The van der Waals surface area contributed by atoms with Crippen molar-refractivity contribution in [2.24, 2.45) is 0 Å². The Morgan fingerprint density at radius 3 is 2.09 bits per heavy atom. The van der Waals surface area contributed by atoms with Crippen molar-refractivity contribution < 1.29 is 0 Å². The van der Waals surface area contributed by atoms with Gasteiger partial charge in [-0.25, -0.2) is 0 Å². The number of hydrogen-bond acceptors (Lipinski definition) is 1. The van der Waals surface area contributed by atoms with Crippen molar-refractivity contribution in [3.63, 3.8) is 0 Å². The van der Waals surface area contributed by atoms with Crippen molar-refractivity contribution in [1.29, 1.82) is 0 Å². The van der Waals surface area contributed by atoms with Crippen LogP contribution in [0.5, 0.6) is 0 Å². The van der Waals surface area contributed by atoms with Gasteiger partial charge in [0.2, 0.25) is 0 Å². The molecule has 0 amide bonds. The van der Waals surface area contributed by atoms with Crippen molar-refractivity contribution in [3.05, 3.63) is 29.8 Å². The van der Waals surface area contributed by atoms with Crippen LogP contribution in [-0.4, -0.2) is 6.26 Å². The van der Waals surface area contributed by atoms with Gasteiger partial charge < -0.3 is 0 Å². The van der Waals surface area contributed by atoms with Gasteiger partial charge in [-0.2, -0.15) is 0 Å². The van der Waals surface area contributed by atoms with E-state index in [1.54, 1.807) is 11.8 Å². The van der Waals surface area contributed by atoms with E-state index in [-0.39, 0.29) is 3.74 Å². The summed E-state index contributed by atoms with van der Waals surface area (Å²) < 4.78 is 0.269. The fourth-order valence-electron chi connectivity index (χ4n) is 0.749. The van der Waals surface area contributed by atoms with Crippen molar-refractivity contribution >= 4 is 43.6 Å². The van der Waals surface area contributed by atoms with E-state index in [0.717, 1.165) is 0 Å². The summed E-state index contributed by atoms with van der Waals surface area (Å²) in [6.07, 6.45) is 2.08. The molecule has 1 aromatic rings. The maximum absolute atomic E-state index is 3.44. The van der Waals surface area contributed by atoms with Gasteiger partial charge in [0, 0.05) is 4.90 Å². The largest absolute Gasteiger partial charge is 0.130 e. The van der Waals surface area contributed by atoms with Gasteiger partial charge in [-0.1, -0.05) is 44.0 Å². The first-order valence-electron chi connectivity index (χ1n) is 3.16. The topological polar surface area (TPSA) is 0 Å². The third-order valence-electron chi connectivity index (χ3n) is 1.37. The predicted molar refractivity (Wildman–Crippen MR) is 58.8 cm³/mol. The Bertz CT molecular complexity index is 218. The Morgan fingerprint density at radius 1 is 1.18 bits per heavy atom. The number of benzene rings is 1. The molecule has 0 unspecified atom stereocenters. The van der Waals surface area contributed by atoms with Crippen molar-refractivity contribution in [2.45, 2.75) is 8.63 Å². The number of halogens is 2. The summed E-state index contributed by atoms with van der Waals surface area (Å²) >= 11 is 8.64. The highest BCUT2D eigenvalue weighted by Gasteiger charge is 2.00. The van der Waals surface area contributed by atoms with Gasteiger partial charge in [0.1, 0.15) is 0 Å². The highest BCUT2D eigenvalue weighted by molar-refractivity contribution is 9.24. The number of thioether (sulfide) groups is 1. The predicted octanol–water partition coefficient (Wildman–Crippen LogP) is 4.20. The van der Waals surface area contributed by atoms with Crippen LogP contribution in [0, 0.1) is 0 Å². The van der Waals surface area contributed by atoms with Crippen molar-refractivity contribution in [2.75, 3.05) is 6.26 Å². The fraction of sp³-hybridized carbons (Fsp3) is 0.250. The lowest BCUT2D eigenvalue weighted by atomic mass is 10.2. The van der Waals surface area contributed by atoms with E-state index in [9.17, 15) is 0 Å². The van der Waals surface area contributed by atoms with Gasteiger partial charge in [0.05, 0.1) is 3.74 Å². The normalized spacial score (nSPS) is 10.5. The molecule has 1 aromatic carbocycles. The molecule has 0 radical (unpaired) electrons. The van der Waals surface area contributed by atoms with Crippen LogP contribution in [0.4, 0.5) is 0 Å². The molecule has 1 rings (SSSR count). The number of hydrogen-bond donors (Lipinski definition) is 0. The Kier molecular flexibility index (Phi) is 3.96. The van der Waals surface area contributed by atoms with Crippen LogP contribution in [-0.2, 0) is 0 Å². The lowest BCUT2D eigenvalue weighted by Gasteiger charge is -2.01. The lowest BCUT2D eigenvalue weighted by molar-refractivity contribution is 1.35. The van der Waals surface area contributed by atoms with E-state index >= 15 is 0 Å². The maximum atomic E-state index is 3.44. The average molecular weight is 296 g/mol. The lowest BCUT2D eigenvalue weighted by Crippen LogP contribution is -1.78. The Balaban J connectivity index is 2.83. The number of rotatable bonds is 2. The molecule has 0 N–H and O–H groups in total. The third-order valence-corrected chi connectivity index (χ3v) is 3.17. The second-order valence-electron chi connectivity index (χ2n) is 2.07. The van der Waals surface area contributed by atoms with E-state index in [1.807, 2.05) is 0 Å². The molecule has 0 aliphatic rings. The first-order chi connectivity index (χ1) is 5.24. The SMILES string of the molecule is CSc1ccc(C(Br)Br)cc1. The quantitative estimate of drug-likeness (QED) is 0.582. The van der Waals surface area contributed by atoms with Gasteiger partial charge in [0.15, 0.2) is 0 Å². The molecule has 0 heterocycles. The Hall–Kier alpha value is 0.530. The molecule has 0 nitrogen and oxygen atoms in total. The molecule has 3 heteroatoms. The minimum absolute atomic E-state index is 0.269. The summed E-state index contributed by atoms with van der Waals surface area (Å²) in [4.78, 5) is 1.30. The molecule has 0 aromatic heterocycles. The highest BCUT2D eigenvalue weighted by atomic mass is 79.9. The van der Waals surface area contributed by atoms with Gasteiger partial charge in [-0.05, 0) is 24.0 Å². The second kappa shape index (κ2) is 4.53. The first-order valence-corrected chi connectivity index (χ1v) is 6.21. The average Bonchev–Trinajstić information content (AvgIpc) is 2.05. The van der Waals surface area contributed by atoms with E-state index in [0.29, 0.717) is 0 Å². The standard InChI is InChI=1S/C8H8Br2S/c1-11-7-4-2-6(3-5-7)8(9)10/h2-5,8H,1H3. The zero-order chi connectivity index (χ0) is 8.27. The Labute approximate surface area is 88.0 Å². The Morgan fingerprint density at radius 2 is 1.73 bits per heavy atom. The molecule has 0 atom stereocenters. The summed E-state index contributed by atoms with van der Waals surface area (Å²) in [6.45, 7) is 0. The van der Waals surface area contributed by atoms with Crippen LogP contribution in [0.2, 0.25) is 0 Å². The van der Waals surface area contributed by atoms with E-state index in [2.05, 4.69) is 62.4 Å². The van der Waals surface area contributed by atoms with E-state index < -0.39 is 0 Å². The zero-order valence-corrected chi connectivity index (χ0v) is 10.0. The molecule has 0 spiro atoms. The smallest absolute Gasteiger partial charge is 0.0946 e. The molecule has 0 bridgehead atoms. The molecule has 0 aliphatic heterocycles. The van der Waals surface area contributed by atoms with Crippen LogP contribution in [0.15, 0.2) is 29.2 Å². The van der Waals surface area contributed by atoms with E-state index in [1.165, 1.54) is 10.5 Å². The molecule has 11 heavy (non-hydrogen) atoms. The van der Waals surface area contributed by atoms with Gasteiger partial charge in [-0.15, -0.1) is 11.8 Å². The monoisotopic (exact) mass is 294 g/mol. The summed E-state index contributed by atoms with van der Waals surface area (Å²) in [5.74, 6) is 0.